The average molecular weight is 220 g/mol. The van der Waals surface area contributed by atoms with E-state index in [1.807, 2.05) is 12.1 Å². The van der Waals surface area contributed by atoms with Crippen LogP contribution in [0.1, 0.15) is 5.56 Å². The quantitative estimate of drug-likeness (QED) is 0.689. The number of methoxy groups -OCH3 is 1. The maximum Gasteiger partial charge on any atom is 0.243 e. The largest absolute Gasteiger partial charge is 0.481 e. The molecule has 2 aromatic rings. The van der Waals surface area contributed by atoms with Crippen molar-refractivity contribution in [3.63, 3.8) is 0 Å². The summed E-state index contributed by atoms with van der Waals surface area (Å²) in [6, 6.07) is 3.75. The fourth-order valence-corrected chi connectivity index (χ4v) is 1.27. The van der Waals surface area contributed by atoms with Gasteiger partial charge in [-0.3, -0.25) is 0 Å². The molecule has 2 aromatic heterocycles. The van der Waals surface area contributed by atoms with Crippen LogP contribution in [0, 0.1) is 0 Å². The Morgan fingerprint density at radius 2 is 2.44 bits per heavy atom. The van der Waals surface area contributed by atoms with Gasteiger partial charge in [0.25, 0.3) is 0 Å². The SMILES string of the molecule is COc1ncccc1CNc1n[nH]c(N)n1. The number of hydrogen-bond acceptors (Lipinski definition) is 6. The first-order chi connectivity index (χ1) is 7.79. The van der Waals surface area contributed by atoms with Gasteiger partial charge in [0.1, 0.15) is 0 Å². The number of H-pyrrole nitrogens is 1. The van der Waals surface area contributed by atoms with Crippen LogP contribution in [0.3, 0.4) is 0 Å². The van der Waals surface area contributed by atoms with Crippen molar-refractivity contribution in [3.8, 4) is 5.88 Å². The third kappa shape index (κ3) is 2.19. The molecule has 0 radical (unpaired) electrons. The van der Waals surface area contributed by atoms with Gasteiger partial charge in [0.2, 0.25) is 17.8 Å². The molecule has 0 saturated carbocycles. The highest BCUT2D eigenvalue weighted by molar-refractivity contribution is 5.34. The number of nitrogen functional groups attached to an aromatic ring is 1. The third-order valence-corrected chi connectivity index (χ3v) is 1.98. The number of aromatic amines is 1. The average Bonchev–Trinajstić information content (AvgIpc) is 2.73. The van der Waals surface area contributed by atoms with Crippen molar-refractivity contribution in [2.24, 2.45) is 0 Å². The van der Waals surface area contributed by atoms with Crippen LogP contribution in [0.5, 0.6) is 5.88 Å². The molecule has 0 bridgehead atoms. The summed E-state index contributed by atoms with van der Waals surface area (Å²) in [5.74, 6) is 1.31. The molecule has 7 heteroatoms. The van der Waals surface area contributed by atoms with Crippen molar-refractivity contribution in [1.29, 1.82) is 0 Å². The van der Waals surface area contributed by atoms with Crippen LogP contribution in [-0.4, -0.2) is 27.3 Å². The highest BCUT2D eigenvalue weighted by Crippen LogP contribution is 2.14. The molecule has 4 N–H and O–H groups in total. The number of nitrogens with one attached hydrogen (secondary N) is 2. The summed E-state index contributed by atoms with van der Waals surface area (Å²) < 4.78 is 5.11. The zero-order valence-electron chi connectivity index (χ0n) is 8.77. The lowest BCUT2D eigenvalue weighted by atomic mass is 10.3. The van der Waals surface area contributed by atoms with E-state index in [1.54, 1.807) is 13.3 Å². The van der Waals surface area contributed by atoms with Crippen LogP contribution in [0.15, 0.2) is 18.3 Å². The van der Waals surface area contributed by atoms with Gasteiger partial charge >= 0.3 is 0 Å². The van der Waals surface area contributed by atoms with Crippen molar-refractivity contribution in [2.45, 2.75) is 6.54 Å². The molecule has 0 aliphatic heterocycles. The van der Waals surface area contributed by atoms with Crippen molar-refractivity contribution in [3.05, 3.63) is 23.9 Å². The minimum atomic E-state index is 0.278. The van der Waals surface area contributed by atoms with Gasteiger partial charge in [-0.25, -0.2) is 10.1 Å². The Morgan fingerprint density at radius 3 is 3.12 bits per heavy atom. The standard InChI is InChI=1S/C9H12N6O/c1-16-7-6(3-2-4-11-7)5-12-9-13-8(10)14-15-9/h2-4H,5H2,1H3,(H4,10,12,13,14,15). The molecule has 0 aliphatic rings. The maximum atomic E-state index is 5.40. The van der Waals surface area contributed by atoms with Crippen molar-refractivity contribution in [1.82, 2.24) is 20.2 Å². The van der Waals surface area contributed by atoms with E-state index >= 15 is 0 Å². The summed E-state index contributed by atoms with van der Waals surface area (Å²) >= 11 is 0. The van der Waals surface area contributed by atoms with E-state index in [2.05, 4.69) is 25.5 Å². The van der Waals surface area contributed by atoms with Crippen molar-refractivity contribution >= 4 is 11.9 Å². The molecular formula is C9H12N6O. The summed E-state index contributed by atoms with van der Waals surface area (Å²) in [6.07, 6.45) is 1.67. The van der Waals surface area contributed by atoms with Gasteiger partial charge < -0.3 is 15.8 Å². The summed E-state index contributed by atoms with van der Waals surface area (Å²) in [7, 11) is 1.58. The van der Waals surface area contributed by atoms with Crippen LogP contribution in [0.4, 0.5) is 11.9 Å². The fourth-order valence-electron chi connectivity index (χ4n) is 1.27. The zero-order valence-corrected chi connectivity index (χ0v) is 8.77. The smallest absolute Gasteiger partial charge is 0.243 e. The van der Waals surface area contributed by atoms with E-state index in [9.17, 15) is 0 Å². The first kappa shape index (κ1) is 10.2. The monoisotopic (exact) mass is 220 g/mol. The number of pyridine rings is 1. The number of nitrogens with zero attached hydrogens (tertiary/aromatic N) is 3. The molecular weight excluding hydrogens is 208 g/mol. The molecule has 0 unspecified atom stereocenters. The first-order valence-electron chi connectivity index (χ1n) is 4.69. The van der Waals surface area contributed by atoms with Gasteiger partial charge in [0, 0.05) is 18.3 Å². The Balaban J connectivity index is 2.04. The first-order valence-corrected chi connectivity index (χ1v) is 4.69. The number of anilines is 2. The van der Waals surface area contributed by atoms with Crippen LogP contribution in [0.25, 0.3) is 0 Å². The second kappa shape index (κ2) is 4.47. The maximum absolute atomic E-state index is 5.40. The van der Waals surface area contributed by atoms with Gasteiger partial charge in [-0.2, -0.15) is 4.98 Å². The molecule has 84 valence electrons. The van der Waals surface area contributed by atoms with E-state index < -0.39 is 0 Å². The number of ether oxygens (including phenoxy) is 1. The van der Waals surface area contributed by atoms with E-state index in [4.69, 9.17) is 10.5 Å². The molecule has 0 atom stereocenters. The lowest BCUT2D eigenvalue weighted by molar-refractivity contribution is 0.393. The number of aromatic nitrogens is 4. The van der Waals surface area contributed by atoms with Gasteiger partial charge in [0.05, 0.1) is 7.11 Å². The van der Waals surface area contributed by atoms with E-state index in [0.29, 0.717) is 18.4 Å². The normalized spacial score (nSPS) is 10.1. The highest BCUT2D eigenvalue weighted by atomic mass is 16.5. The van der Waals surface area contributed by atoms with Gasteiger partial charge in [0.15, 0.2) is 0 Å². The van der Waals surface area contributed by atoms with Gasteiger partial charge in [-0.15, -0.1) is 5.10 Å². The Labute approximate surface area is 92.1 Å². The van der Waals surface area contributed by atoms with E-state index in [-0.39, 0.29) is 5.95 Å². The molecule has 0 aromatic carbocycles. The van der Waals surface area contributed by atoms with Crippen LogP contribution < -0.4 is 15.8 Å². The molecule has 0 aliphatic carbocycles. The molecule has 7 nitrogen and oxygen atoms in total. The number of rotatable bonds is 4. The molecule has 2 heterocycles. The summed E-state index contributed by atoms with van der Waals surface area (Å²) in [5.41, 5.74) is 6.32. The Bertz CT molecular complexity index is 469. The van der Waals surface area contributed by atoms with E-state index in [1.165, 1.54) is 0 Å². The molecule has 2 rings (SSSR count). The van der Waals surface area contributed by atoms with Crippen LogP contribution in [-0.2, 0) is 6.54 Å². The lowest BCUT2D eigenvalue weighted by Crippen LogP contribution is -2.04. The molecule has 0 saturated heterocycles. The molecule has 16 heavy (non-hydrogen) atoms. The summed E-state index contributed by atoms with van der Waals surface area (Å²) in [4.78, 5) is 8.00. The third-order valence-electron chi connectivity index (χ3n) is 1.98. The predicted octanol–water partition coefficient (Wildman–Crippen LogP) is 0.403. The highest BCUT2D eigenvalue weighted by Gasteiger charge is 2.04. The number of hydrogen-bond donors (Lipinski definition) is 3. The Kier molecular flexibility index (Phi) is 2.86. The fraction of sp³-hybridized carbons (Fsp3) is 0.222. The second-order valence-corrected chi connectivity index (χ2v) is 3.07. The molecule has 0 amide bonds. The molecule has 0 spiro atoms. The number of nitrogens with two attached hydrogens (primary N) is 1. The topological polar surface area (TPSA) is 102 Å². The Morgan fingerprint density at radius 1 is 1.56 bits per heavy atom. The second-order valence-electron chi connectivity index (χ2n) is 3.07. The minimum Gasteiger partial charge on any atom is -0.481 e. The van der Waals surface area contributed by atoms with Crippen LogP contribution >= 0.6 is 0 Å². The predicted molar refractivity (Wildman–Crippen MR) is 58.9 cm³/mol. The minimum absolute atomic E-state index is 0.278. The van der Waals surface area contributed by atoms with Gasteiger partial charge in [-0.05, 0) is 6.07 Å². The van der Waals surface area contributed by atoms with Crippen molar-refractivity contribution < 1.29 is 4.74 Å². The lowest BCUT2D eigenvalue weighted by Gasteiger charge is -2.06. The molecule has 0 fully saturated rings. The van der Waals surface area contributed by atoms with Crippen LogP contribution in [0.2, 0.25) is 0 Å². The van der Waals surface area contributed by atoms with E-state index in [0.717, 1.165) is 5.56 Å². The van der Waals surface area contributed by atoms with Gasteiger partial charge in [-0.1, -0.05) is 6.07 Å². The summed E-state index contributed by atoms with van der Waals surface area (Å²) in [6.45, 7) is 0.522. The zero-order chi connectivity index (χ0) is 11.4. The van der Waals surface area contributed by atoms with Crippen molar-refractivity contribution in [2.75, 3.05) is 18.2 Å². The Hall–Kier alpha value is -2.31. The summed E-state index contributed by atoms with van der Waals surface area (Å²) in [5, 5.41) is 9.40.